The van der Waals surface area contributed by atoms with E-state index in [1.807, 2.05) is 4.90 Å². The number of carbonyl (C=O) groups excluding carboxylic acids is 3. The lowest BCUT2D eigenvalue weighted by Gasteiger charge is -2.30. The fraction of sp³-hybridized carbons (Fsp3) is 0.733. The first kappa shape index (κ1) is 39.8. The zero-order chi connectivity index (χ0) is 36.1. The molecule has 0 aromatic rings. The largest absolute Gasteiger partial charge is 0.480 e. The average molecular weight is 696 g/mol. The van der Waals surface area contributed by atoms with Crippen molar-refractivity contribution in [2.24, 2.45) is 11.8 Å². The molecule has 3 amide bonds. The maximum absolute atomic E-state index is 13.0. The Morgan fingerprint density at radius 2 is 1.16 bits per heavy atom. The number of rotatable bonds is 14. The summed E-state index contributed by atoms with van der Waals surface area (Å²) in [6, 6.07) is 0. The molecule has 3 fully saturated rings. The molecule has 49 heavy (non-hydrogen) atoms. The number of likely N-dealkylation sites (tertiary alicyclic amines) is 1. The number of carboxylic acid groups (broad SMARTS) is 3. The van der Waals surface area contributed by atoms with Crippen molar-refractivity contribution in [1.82, 2.24) is 35.1 Å². The monoisotopic (exact) mass is 695 g/mol. The Kier molecular flexibility index (Phi) is 15.9. The normalized spacial score (nSPS) is 23.6. The van der Waals surface area contributed by atoms with Gasteiger partial charge in [-0.2, -0.15) is 0 Å². The maximum atomic E-state index is 13.0. The molecule has 2 saturated heterocycles. The number of amides is 3. The van der Waals surface area contributed by atoms with E-state index in [-0.39, 0.29) is 81.8 Å². The maximum Gasteiger partial charge on any atom is 0.475 e. The molecule has 1 atom stereocenters. The third-order valence-electron chi connectivity index (χ3n) is 9.28. The van der Waals surface area contributed by atoms with Crippen molar-refractivity contribution in [1.29, 1.82) is 0 Å². The van der Waals surface area contributed by atoms with E-state index in [9.17, 15) is 54.1 Å². The summed E-state index contributed by atoms with van der Waals surface area (Å²) in [6.07, 6.45) is 3.54. The summed E-state index contributed by atoms with van der Waals surface area (Å²) >= 11 is 0. The highest BCUT2D eigenvalue weighted by atomic mass is 16.4. The van der Waals surface area contributed by atoms with Crippen LogP contribution in [0.15, 0.2) is 12.3 Å². The standard InChI is InChI=1S/C30H50BN7O11/c1-21(30(47)38-8-2-3-24(38)31(48)49)33-29(46)23-6-4-22(5-7-23)15-32-25(39)16-34-9-10-35(17-26(40)41)12-14-37(19-28(44)45)20-36(13-11-34)18-27(42)43/h22-24,48-49H,1-20H2,(H,32,39)(H,33,46)(H,40,41)(H,42,43)(H,44,45)/t22?,23?,24-/m0/s1. The van der Waals surface area contributed by atoms with Crippen molar-refractivity contribution < 1.29 is 54.1 Å². The topological polar surface area (TPSA) is 244 Å². The van der Waals surface area contributed by atoms with E-state index in [2.05, 4.69) is 17.2 Å². The minimum atomic E-state index is -1.67. The van der Waals surface area contributed by atoms with Crippen molar-refractivity contribution in [2.75, 3.05) is 85.2 Å². The summed E-state index contributed by atoms with van der Waals surface area (Å²) in [4.78, 5) is 81.0. The van der Waals surface area contributed by atoms with Gasteiger partial charge in [0.05, 0.1) is 44.5 Å². The molecule has 3 rings (SSSR count). The minimum Gasteiger partial charge on any atom is -0.480 e. The number of nitrogens with one attached hydrogen (secondary N) is 2. The van der Waals surface area contributed by atoms with Crippen LogP contribution in [0, 0.1) is 11.8 Å². The fourth-order valence-electron chi connectivity index (χ4n) is 6.62. The van der Waals surface area contributed by atoms with Gasteiger partial charge in [0, 0.05) is 58.3 Å². The fourth-order valence-corrected chi connectivity index (χ4v) is 6.62. The van der Waals surface area contributed by atoms with E-state index >= 15 is 0 Å². The van der Waals surface area contributed by atoms with Crippen LogP contribution in [0.4, 0.5) is 0 Å². The molecule has 0 bridgehead atoms. The summed E-state index contributed by atoms with van der Waals surface area (Å²) in [5.74, 6) is -5.24. The van der Waals surface area contributed by atoms with Crippen molar-refractivity contribution >= 4 is 42.7 Å². The number of hydrogen-bond donors (Lipinski definition) is 7. The molecular formula is C30H50BN7O11. The predicted molar refractivity (Wildman–Crippen MR) is 174 cm³/mol. The van der Waals surface area contributed by atoms with Gasteiger partial charge >= 0.3 is 25.0 Å². The molecule has 2 heterocycles. The van der Waals surface area contributed by atoms with E-state index in [1.165, 1.54) is 4.90 Å². The second-order valence-electron chi connectivity index (χ2n) is 13.1. The van der Waals surface area contributed by atoms with Crippen LogP contribution in [-0.4, -0.2) is 184 Å². The lowest BCUT2D eigenvalue weighted by Crippen LogP contribution is -2.48. The predicted octanol–water partition coefficient (Wildman–Crippen LogP) is -3.03. The molecule has 274 valence electrons. The third kappa shape index (κ3) is 13.7. The van der Waals surface area contributed by atoms with Gasteiger partial charge in [0.25, 0.3) is 5.91 Å². The Labute approximate surface area is 285 Å². The van der Waals surface area contributed by atoms with Crippen molar-refractivity contribution in [2.45, 2.75) is 44.5 Å². The SMILES string of the molecule is C=C(NC(=O)C1CCC(CNC(=O)CN2CCN(CC(=O)O)CCN(CC(=O)O)CN(CC(=O)O)CC2)CC1)C(=O)N1CCC[C@H]1B(O)O. The molecule has 0 aromatic carbocycles. The molecule has 0 unspecified atom stereocenters. The Morgan fingerprint density at radius 3 is 1.67 bits per heavy atom. The van der Waals surface area contributed by atoms with Gasteiger partial charge in [0.2, 0.25) is 11.8 Å². The minimum absolute atomic E-state index is 0.000260. The Morgan fingerprint density at radius 1 is 0.673 bits per heavy atom. The number of nitrogens with zero attached hydrogens (tertiary/aromatic N) is 5. The second kappa shape index (κ2) is 19.5. The molecule has 0 aromatic heterocycles. The zero-order valence-corrected chi connectivity index (χ0v) is 27.9. The van der Waals surface area contributed by atoms with Gasteiger partial charge in [-0.15, -0.1) is 0 Å². The van der Waals surface area contributed by atoms with Gasteiger partial charge in [0.1, 0.15) is 0 Å². The Bertz CT molecular complexity index is 1200. The zero-order valence-electron chi connectivity index (χ0n) is 27.9. The van der Waals surface area contributed by atoms with Crippen LogP contribution in [0.2, 0.25) is 0 Å². The van der Waals surface area contributed by atoms with Crippen LogP contribution >= 0.6 is 0 Å². The number of hydrogen-bond acceptors (Lipinski definition) is 12. The second-order valence-corrected chi connectivity index (χ2v) is 13.1. The van der Waals surface area contributed by atoms with E-state index in [0.29, 0.717) is 71.2 Å². The Hall–Kier alpha value is -3.62. The summed E-state index contributed by atoms with van der Waals surface area (Å²) in [7, 11) is -1.67. The quantitative estimate of drug-likeness (QED) is 0.0706. The smallest absolute Gasteiger partial charge is 0.475 e. The number of carboxylic acids is 3. The summed E-state index contributed by atoms with van der Waals surface area (Å²) in [5.41, 5.74) is -0.104. The van der Waals surface area contributed by atoms with Gasteiger partial charge < -0.3 is 40.9 Å². The lowest BCUT2D eigenvalue weighted by molar-refractivity contribution is -0.141. The average Bonchev–Trinajstić information content (AvgIpc) is 3.52. The molecule has 2 aliphatic heterocycles. The van der Waals surface area contributed by atoms with Crippen LogP contribution in [-0.2, 0) is 28.8 Å². The summed E-state index contributed by atoms with van der Waals surface area (Å²) in [6.45, 7) is 5.24. The number of aliphatic carboxylic acids is 3. The molecular weight excluding hydrogens is 645 g/mol. The molecule has 1 saturated carbocycles. The van der Waals surface area contributed by atoms with Crippen molar-refractivity contribution in [3.05, 3.63) is 12.3 Å². The third-order valence-corrected chi connectivity index (χ3v) is 9.28. The first-order valence-electron chi connectivity index (χ1n) is 16.7. The number of carbonyl (C=O) groups is 6. The summed E-state index contributed by atoms with van der Waals surface area (Å²) < 4.78 is 0. The first-order chi connectivity index (χ1) is 23.2. The molecule has 0 spiro atoms. The van der Waals surface area contributed by atoms with Crippen molar-refractivity contribution in [3.8, 4) is 0 Å². The molecule has 0 radical (unpaired) electrons. The molecule has 19 heteroatoms. The lowest BCUT2D eigenvalue weighted by atomic mass is 9.78. The highest BCUT2D eigenvalue weighted by molar-refractivity contribution is 6.43. The molecule has 1 aliphatic carbocycles. The van der Waals surface area contributed by atoms with Gasteiger partial charge in [0.15, 0.2) is 0 Å². The van der Waals surface area contributed by atoms with Gasteiger partial charge in [-0.25, -0.2) is 0 Å². The van der Waals surface area contributed by atoms with Gasteiger partial charge in [-0.1, -0.05) is 6.58 Å². The van der Waals surface area contributed by atoms with Crippen LogP contribution in [0.25, 0.3) is 0 Å². The van der Waals surface area contributed by atoms with E-state index in [0.717, 1.165) is 0 Å². The van der Waals surface area contributed by atoms with E-state index < -0.39 is 36.9 Å². The summed E-state index contributed by atoms with van der Waals surface area (Å²) in [5, 5.41) is 52.7. The molecule has 7 N–H and O–H groups in total. The van der Waals surface area contributed by atoms with Crippen LogP contribution in [0.3, 0.4) is 0 Å². The van der Waals surface area contributed by atoms with E-state index in [4.69, 9.17) is 0 Å². The van der Waals surface area contributed by atoms with E-state index in [1.54, 1.807) is 14.7 Å². The highest BCUT2D eigenvalue weighted by Crippen LogP contribution is 2.29. The van der Waals surface area contributed by atoms with Crippen molar-refractivity contribution in [3.63, 3.8) is 0 Å². The van der Waals surface area contributed by atoms with Gasteiger partial charge in [-0.05, 0) is 44.4 Å². The first-order valence-corrected chi connectivity index (χ1v) is 16.7. The Balaban J connectivity index is 1.48. The molecule has 3 aliphatic rings. The van der Waals surface area contributed by atoms with Crippen LogP contribution < -0.4 is 10.6 Å². The van der Waals surface area contributed by atoms with Crippen LogP contribution in [0.1, 0.15) is 38.5 Å². The van der Waals surface area contributed by atoms with Crippen LogP contribution in [0.5, 0.6) is 0 Å². The highest BCUT2D eigenvalue weighted by Gasteiger charge is 2.38. The van der Waals surface area contributed by atoms with Gasteiger partial charge in [-0.3, -0.25) is 48.4 Å². The molecule has 18 nitrogen and oxygen atoms in total.